The van der Waals surface area contributed by atoms with Gasteiger partial charge in [-0.3, -0.25) is 4.98 Å². The number of pyridine rings is 1. The fourth-order valence-corrected chi connectivity index (χ4v) is 2.41. The fraction of sp³-hybridized carbons (Fsp3) is 0.0769. The Morgan fingerprint density at radius 1 is 1.17 bits per heavy atom. The molecule has 0 aliphatic heterocycles. The molecule has 3 aromatic rings. The second-order valence-electron chi connectivity index (χ2n) is 3.87. The molecule has 2 N–H and O–H groups in total. The molecule has 90 valence electrons. The molecule has 4 nitrogen and oxygen atoms in total. The largest absolute Gasteiger partial charge is 0.489 e. The van der Waals surface area contributed by atoms with Crippen molar-refractivity contribution in [1.82, 2.24) is 9.36 Å². The van der Waals surface area contributed by atoms with Crippen molar-refractivity contribution in [3.05, 3.63) is 48.3 Å². The van der Waals surface area contributed by atoms with E-state index in [-0.39, 0.29) is 0 Å². The summed E-state index contributed by atoms with van der Waals surface area (Å²) < 4.78 is 10.9. The van der Waals surface area contributed by atoms with Gasteiger partial charge in [0.05, 0.1) is 4.70 Å². The molecule has 18 heavy (non-hydrogen) atoms. The van der Waals surface area contributed by atoms with Gasteiger partial charge in [0, 0.05) is 17.8 Å². The van der Waals surface area contributed by atoms with E-state index >= 15 is 0 Å². The zero-order chi connectivity index (χ0) is 12.4. The van der Waals surface area contributed by atoms with Crippen LogP contribution in [0.25, 0.3) is 10.1 Å². The number of anilines is 1. The van der Waals surface area contributed by atoms with Crippen molar-refractivity contribution < 1.29 is 4.74 Å². The van der Waals surface area contributed by atoms with E-state index in [1.807, 2.05) is 30.3 Å². The maximum absolute atomic E-state index is 5.74. The Morgan fingerprint density at radius 3 is 2.83 bits per heavy atom. The van der Waals surface area contributed by atoms with Gasteiger partial charge in [-0.1, -0.05) is 0 Å². The van der Waals surface area contributed by atoms with Crippen LogP contribution in [-0.4, -0.2) is 9.36 Å². The third-order valence-electron chi connectivity index (χ3n) is 2.63. The maximum atomic E-state index is 5.74. The van der Waals surface area contributed by atoms with Crippen molar-refractivity contribution >= 4 is 27.4 Å². The maximum Gasteiger partial charge on any atom is 0.144 e. The molecule has 0 saturated carbocycles. The molecule has 1 aromatic carbocycles. The lowest BCUT2D eigenvalue weighted by Crippen LogP contribution is -1.95. The Morgan fingerprint density at radius 2 is 2.00 bits per heavy atom. The molecule has 0 radical (unpaired) electrons. The summed E-state index contributed by atoms with van der Waals surface area (Å²) in [7, 11) is 0. The summed E-state index contributed by atoms with van der Waals surface area (Å²) in [6, 6.07) is 9.68. The summed E-state index contributed by atoms with van der Waals surface area (Å²) in [4.78, 5) is 3.97. The van der Waals surface area contributed by atoms with Gasteiger partial charge in [-0.25, -0.2) is 0 Å². The lowest BCUT2D eigenvalue weighted by atomic mass is 10.2. The quantitative estimate of drug-likeness (QED) is 0.783. The Balaban J connectivity index is 1.79. The van der Waals surface area contributed by atoms with Crippen LogP contribution in [0, 0.1) is 0 Å². The first-order valence-electron chi connectivity index (χ1n) is 5.49. The topological polar surface area (TPSA) is 61.0 Å². The average molecular weight is 257 g/mol. The van der Waals surface area contributed by atoms with Crippen LogP contribution in [0.5, 0.6) is 5.75 Å². The minimum absolute atomic E-state index is 0.530. The van der Waals surface area contributed by atoms with E-state index in [9.17, 15) is 0 Å². The molecule has 2 aromatic heterocycles. The number of nitrogens with two attached hydrogens (primary N) is 1. The molecule has 5 heteroatoms. The number of ether oxygens (including phenoxy) is 1. The molecular weight excluding hydrogens is 246 g/mol. The molecule has 3 rings (SSSR count). The Hall–Kier alpha value is -2.14. The predicted molar refractivity (Wildman–Crippen MR) is 72.6 cm³/mol. The molecule has 0 aliphatic carbocycles. The number of nitrogens with zero attached hydrogens (tertiary/aromatic N) is 2. The number of hydrogen-bond acceptors (Lipinski definition) is 5. The van der Waals surface area contributed by atoms with Gasteiger partial charge < -0.3 is 10.5 Å². The normalized spacial score (nSPS) is 10.7. The van der Waals surface area contributed by atoms with Gasteiger partial charge in [0.2, 0.25) is 0 Å². The zero-order valence-electron chi connectivity index (χ0n) is 9.54. The number of benzene rings is 1. The first-order valence-corrected chi connectivity index (χ1v) is 6.27. The van der Waals surface area contributed by atoms with Crippen LogP contribution in [0.3, 0.4) is 0 Å². The minimum atomic E-state index is 0.530. The minimum Gasteiger partial charge on any atom is -0.489 e. The average Bonchev–Trinajstić information content (AvgIpc) is 2.79. The SMILES string of the molecule is Nc1nsc2cc(OCc3ccncc3)ccc12. The summed E-state index contributed by atoms with van der Waals surface area (Å²) in [6.07, 6.45) is 3.51. The molecular formula is C13H11N3OS. The Labute approximate surface area is 108 Å². The van der Waals surface area contributed by atoms with Crippen molar-refractivity contribution in [3.63, 3.8) is 0 Å². The Bertz CT molecular complexity index is 666. The second kappa shape index (κ2) is 4.62. The van der Waals surface area contributed by atoms with Gasteiger partial charge >= 0.3 is 0 Å². The predicted octanol–water partition coefficient (Wildman–Crippen LogP) is 2.85. The second-order valence-corrected chi connectivity index (χ2v) is 4.67. The number of nitrogen functional groups attached to an aromatic ring is 1. The lowest BCUT2D eigenvalue weighted by molar-refractivity contribution is 0.306. The van der Waals surface area contributed by atoms with Crippen molar-refractivity contribution in [3.8, 4) is 5.75 Å². The summed E-state index contributed by atoms with van der Waals surface area (Å²) >= 11 is 1.38. The molecule has 2 heterocycles. The van der Waals surface area contributed by atoms with Crippen LogP contribution in [0.15, 0.2) is 42.7 Å². The molecule has 0 aliphatic rings. The molecule has 0 fully saturated rings. The molecule has 0 atom stereocenters. The van der Waals surface area contributed by atoms with Crippen LogP contribution in [0.4, 0.5) is 5.82 Å². The first-order chi connectivity index (χ1) is 8.83. The fourth-order valence-electron chi connectivity index (χ4n) is 1.67. The van der Waals surface area contributed by atoms with E-state index in [2.05, 4.69) is 9.36 Å². The monoisotopic (exact) mass is 257 g/mol. The van der Waals surface area contributed by atoms with Gasteiger partial charge in [-0.05, 0) is 47.4 Å². The van der Waals surface area contributed by atoms with E-state index in [0.717, 1.165) is 21.4 Å². The van der Waals surface area contributed by atoms with E-state index in [1.54, 1.807) is 12.4 Å². The number of rotatable bonds is 3. The van der Waals surface area contributed by atoms with E-state index in [1.165, 1.54) is 11.5 Å². The number of fused-ring (bicyclic) bond motifs is 1. The van der Waals surface area contributed by atoms with Crippen LogP contribution < -0.4 is 10.5 Å². The number of hydrogen-bond donors (Lipinski definition) is 1. The van der Waals surface area contributed by atoms with Crippen molar-refractivity contribution in [2.45, 2.75) is 6.61 Å². The van der Waals surface area contributed by atoms with Gasteiger partial charge in [0.15, 0.2) is 0 Å². The van der Waals surface area contributed by atoms with Crippen molar-refractivity contribution in [1.29, 1.82) is 0 Å². The van der Waals surface area contributed by atoms with Crippen molar-refractivity contribution in [2.75, 3.05) is 5.73 Å². The first kappa shape index (κ1) is 11.0. The summed E-state index contributed by atoms with van der Waals surface area (Å²) in [5.74, 6) is 1.40. The highest BCUT2D eigenvalue weighted by Crippen LogP contribution is 2.28. The van der Waals surface area contributed by atoms with E-state index in [0.29, 0.717) is 12.4 Å². The summed E-state index contributed by atoms with van der Waals surface area (Å²) in [5, 5.41) is 0.983. The summed E-state index contributed by atoms with van der Waals surface area (Å²) in [5.41, 5.74) is 6.83. The smallest absolute Gasteiger partial charge is 0.144 e. The molecule has 0 unspecified atom stereocenters. The van der Waals surface area contributed by atoms with Crippen LogP contribution in [-0.2, 0) is 6.61 Å². The third-order valence-corrected chi connectivity index (χ3v) is 3.45. The van der Waals surface area contributed by atoms with E-state index < -0.39 is 0 Å². The van der Waals surface area contributed by atoms with Crippen molar-refractivity contribution in [2.24, 2.45) is 0 Å². The van der Waals surface area contributed by atoms with E-state index in [4.69, 9.17) is 10.5 Å². The molecule has 0 amide bonds. The van der Waals surface area contributed by atoms with Crippen LogP contribution >= 0.6 is 11.5 Å². The zero-order valence-corrected chi connectivity index (χ0v) is 10.4. The van der Waals surface area contributed by atoms with Gasteiger partial charge in [-0.15, -0.1) is 0 Å². The van der Waals surface area contributed by atoms with Crippen LogP contribution in [0.2, 0.25) is 0 Å². The molecule has 0 saturated heterocycles. The van der Waals surface area contributed by atoms with Gasteiger partial charge in [-0.2, -0.15) is 4.37 Å². The molecule has 0 spiro atoms. The Kier molecular flexibility index (Phi) is 2.82. The summed E-state index contributed by atoms with van der Waals surface area (Å²) in [6.45, 7) is 0.530. The highest BCUT2D eigenvalue weighted by molar-refractivity contribution is 7.13. The van der Waals surface area contributed by atoms with Gasteiger partial charge in [0.1, 0.15) is 18.2 Å². The highest BCUT2D eigenvalue weighted by Gasteiger charge is 2.04. The van der Waals surface area contributed by atoms with Crippen LogP contribution in [0.1, 0.15) is 5.56 Å². The van der Waals surface area contributed by atoms with Gasteiger partial charge in [0.25, 0.3) is 0 Å². The standard InChI is InChI=1S/C13H11N3OS/c14-13-11-2-1-10(7-12(11)18-16-13)17-8-9-3-5-15-6-4-9/h1-7H,8H2,(H2,14,16). The molecule has 0 bridgehead atoms. The highest BCUT2D eigenvalue weighted by atomic mass is 32.1. The number of aromatic nitrogens is 2. The third kappa shape index (κ3) is 2.12. The lowest BCUT2D eigenvalue weighted by Gasteiger charge is -2.05.